The van der Waals surface area contributed by atoms with Crippen LogP contribution in [0.5, 0.6) is 0 Å². The second kappa shape index (κ2) is 9.69. The Labute approximate surface area is 213 Å². The Morgan fingerprint density at radius 1 is 0.973 bits per heavy atom. The summed E-state index contributed by atoms with van der Waals surface area (Å²) in [6.45, 7) is 3.01. The first-order valence-electron chi connectivity index (χ1n) is 11.9. The van der Waals surface area contributed by atoms with Crippen molar-refractivity contribution in [3.8, 4) is 16.9 Å². The molecule has 0 radical (unpaired) electrons. The lowest BCUT2D eigenvalue weighted by molar-refractivity contribution is 0.0958. The number of carbonyl (C=O) groups is 2. The minimum absolute atomic E-state index is 0.174. The number of benzene rings is 1. The van der Waals surface area contributed by atoms with Crippen LogP contribution >= 0.6 is 0 Å². The minimum atomic E-state index is -0.309. The number of aryl methyl sites for hydroxylation is 1. The topological polar surface area (TPSA) is 118 Å². The van der Waals surface area contributed by atoms with Crippen molar-refractivity contribution in [3.05, 3.63) is 82.9 Å². The average Bonchev–Trinajstić information content (AvgIpc) is 3.49. The number of anilines is 2. The van der Waals surface area contributed by atoms with Crippen molar-refractivity contribution in [2.75, 3.05) is 29.9 Å². The van der Waals surface area contributed by atoms with E-state index in [-0.39, 0.29) is 23.3 Å². The monoisotopic (exact) mass is 498 g/mol. The van der Waals surface area contributed by atoms with Gasteiger partial charge in [-0.3, -0.25) is 24.6 Å². The zero-order valence-corrected chi connectivity index (χ0v) is 20.8. The molecule has 3 amide bonds. The van der Waals surface area contributed by atoms with Gasteiger partial charge in [-0.25, -0.2) is 18.8 Å². The molecule has 1 aliphatic heterocycles. The molecule has 37 heavy (non-hydrogen) atoms. The Kier molecular flexibility index (Phi) is 6.26. The highest BCUT2D eigenvalue weighted by molar-refractivity contribution is 6.07. The Hall–Kier alpha value is -4.80. The molecule has 4 aromatic rings. The van der Waals surface area contributed by atoms with Gasteiger partial charge in [-0.2, -0.15) is 5.10 Å². The van der Waals surface area contributed by atoms with Gasteiger partial charge in [0.25, 0.3) is 5.91 Å². The molecule has 5 rings (SSSR count). The van der Waals surface area contributed by atoms with Crippen LogP contribution in [0.25, 0.3) is 16.9 Å². The van der Waals surface area contributed by atoms with Crippen molar-refractivity contribution in [3.63, 3.8) is 0 Å². The number of amides is 3. The molecule has 0 spiro atoms. The average molecular weight is 499 g/mol. The van der Waals surface area contributed by atoms with E-state index in [4.69, 9.17) is 0 Å². The molecule has 3 aromatic heterocycles. The lowest BCUT2D eigenvalue weighted by atomic mass is 10.0. The number of carbonyl (C=O) groups excluding carboxylic acids is 2. The van der Waals surface area contributed by atoms with Crippen molar-refractivity contribution < 1.29 is 9.59 Å². The van der Waals surface area contributed by atoms with Crippen LogP contribution in [0.2, 0.25) is 0 Å². The molecule has 0 atom stereocenters. The van der Waals surface area contributed by atoms with Crippen LogP contribution in [0.15, 0.2) is 66.0 Å². The minimum Gasteiger partial charge on any atom is -0.354 e. The third-order valence-electron chi connectivity index (χ3n) is 6.44. The Bertz CT molecular complexity index is 1540. The summed E-state index contributed by atoms with van der Waals surface area (Å²) in [5.74, 6) is -0.309. The molecule has 11 nitrogen and oxygen atoms in total. The van der Waals surface area contributed by atoms with Gasteiger partial charge in [-0.05, 0) is 36.8 Å². The second-order valence-corrected chi connectivity index (χ2v) is 8.53. The standard InChI is InChI=1S/C26H26N8O3/c1-4-20-22(33-14-13-32(26(33)37)19-9-11-28-21(15-19)24(35)27-2)10-12-29-23(20)17-5-7-18(8-6-17)34-16-30-31(3)25(34)36/h5-12,15-16H,4,13-14H2,1-3H3,(H,27,35). The maximum Gasteiger partial charge on any atom is 0.350 e. The lowest BCUT2D eigenvalue weighted by Gasteiger charge is -2.22. The fraction of sp³-hybridized carbons (Fsp3) is 0.231. The summed E-state index contributed by atoms with van der Waals surface area (Å²) >= 11 is 0. The third kappa shape index (κ3) is 4.24. The molecular weight excluding hydrogens is 472 g/mol. The quantitative estimate of drug-likeness (QED) is 0.436. The van der Waals surface area contributed by atoms with Gasteiger partial charge in [0.1, 0.15) is 12.0 Å². The van der Waals surface area contributed by atoms with Gasteiger partial charge in [0.15, 0.2) is 0 Å². The summed E-state index contributed by atoms with van der Waals surface area (Å²) in [7, 11) is 3.14. The first kappa shape index (κ1) is 23.9. The van der Waals surface area contributed by atoms with Crippen LogP contribution < -0.4 is 20.8 Å². The van der Waals surface area contributed by atoms with E-state index < -0.39 is 0 Å². The number of aromatic nitrogens is 5. The molecule has 1 fully saturated rings. The maximum atomic E-state index is 13.5. The number of hydrogen-bond donors (Lipinski definition) is 1. The van der Waals surface area contributed by atoms with E-state index in [1.54, 1.807) is 42.2 Å². The fourth-order valence-corrected chi connectivity index (χ4v) is 4.51. The van der Waals surface area contributed by atoms with Crippen LogP contribution in [0.1, 0.15) is 23.0 Å². The van der Waals surface area contributed by atoms with Gasteiger partial charge in [0.05, 0.1) is 17.1 Å². The third-order valence-corrected chi connectivity index (χ3v) is 6.44. The van der Waals surface area contributed by atoms with Crippen molar-refractivity contribution in [1.82, 2.24) is 29.6 Å². The zero-order chi connectivity index (χ0) is 26.1. The van der Waals surface area contributed by atoms with E-state index in [0.29, 0.717) is 30.9 Å². The van der Waals surface area contributed by atoms with Gasteiger partial charge in [-0.1, -0.05) is 19.1 Å². The summed E-state index contributed by atoms with van der Waals surface area (Å²) in [6, 6.07) is 12.5. The van der Waals surface area contributed by atoms with E-state index in [1.165, 1.54) is 21.8 Å². The summed E-state index contributed by atoms with van der Waals surface area (Å²) in [5, 5.41) is 6.55. The predicted molar refractivity (Wildman–Crippen MR) is 139 cm³/mol. The first-order chi connectivity index (χ1) is 17.9. The maximum absolute atomic E-state index is 13.5. The SMILES string of the molecule is CCc1c(N2CCN(c3ccnc(C(=O)NC)c3)C2=O)ccnc1-c1ccc(-n2cnn(C)c2=O)cc1. The Morgan fingerprint density at radius 3 is 2.38 bits per heavy atom. The predicted octanol–water partition coefficient (Wildman–Crippen LogP) is 2.40. The summed E-state index contributed by atoms with van der Waals surface area (Å²) in [5.41, 5.74) is 4.76. The van der Waals surface area contributed by atoms with Crippen molar-refractivity contribution >= 4 is 23.3 Å². The van der Waals surface area contributed by atoms with E-state index in [2.05, 4.69) is 20.4 Å². The Balaban J connectivity index is 1.45. The molecule has 11 heteroatoms. The highest BCUT2D eigenvalue weighted by atomic mass is 16.2. The van der Waals surface area contributed by atoms with Gasteiger partial charge in [0.2, 0.25) is 0 Å². The van der Waals surface area contributed by atoms with Gasteiger partial charge >= 0.3 is 11.7 Å². The van der Waals surface area contributed by atoms with Gasteiger partial charge in [0, 0.05) is 56.4 Å². The summed E-state index contributed by atoms with van der Waals surface area (Å²) in [4.78, 5) is 49.8. The molecule has 4 heterocycles. The fourth-order valence-electron chi connectivity index (χ4n) is 4.51. The number of nitrogens with one attached hydrogen (secondary N) is 1. The largest absolute Gasteiger partial charge is 0.354 e. The first-order valence-corrected chi connectivity index (χ1v) is 11.9. The van der Waals surface area contributed by atoms with Crippen molar-refractivity contribution in [1.29, 1.82) is 0 Å². The molecule has 0 saturated carbocycles. The van der Waals surface area contributed by atoms with Crippen LogP contribution in [-0.4, -0.2) is 56.4 Å². The molecule has 1 aliphatic rings. The number of urea groups is 1. The number of nitrogens with zero attached hydrogens (tertiary/aromatic N) is 7. The molecule has 0 aliphatic carbocycles. The Morgan fingerprint density at radius 2 is 1.70 bits per heavy atom. The van der Waals surface area contributed by atoms with E-state index in [1.807, 2.05) is 37.3 Å². The summed E-state index contributed by atoms with van der Waals surface area (Å²) in [6.07, 6.45) is 5.39. The van der Waals surface area contributed by atoms with Crippen LogP contribution in [0.3, 0.4) is 0 Å². The van der Waals surface area contributed by atoms with Crippen molar-refractivity contribution in [2.24, 2.45) is 7.05 Å². The lowest BCUT2D eigenvalue weighted by Crippen LogP contribution is -2.32. The molecule has 188 valence electrons. The second-order valence-electron chi connectivity index (χ2n) is 8.53. The van der Waals surface area contributed by atoms with Crippen LogP contribution in [0, 0.1) is 0 Å². The van der Waals surface area contributed by atoms with Gasteiger partial charge in [-0.15, -0.1) is 0 Å². The zero-order valence-electron chi connectivity index (χ0n) is 20.8. The van der Waals surface area contributed by atoms with Crippen molar-refractivity contribution in [2.45, 2.75) is 13.3 Å². The normalized spacial score (nSPS) is 13.3. The number of hydrogen-bond acceptors (Lipinski definition) is 6. The molecule has 0 unspecified atom stereocenters. The highest BCUT2D eigenvalue weighted by Gasteiger charge is 2.33. The van der Waals surface area contributed by atoms with Crippen LogP contribution in [0.4, 0.5) is 16.2 Å². The molecule has 1 N–H and O–H groups in total. The number of pyridine rings is 2. The van der Waals surface area contributed by atoms with E-state index in [0.717, 1.165) is 22.5 Å². The molecular formula is C26H26N8O3. The van der Waals surface area contributed by atoms with Crippen LogP contribution in [-0.2, 0) is 13.5 Å². The number of rotatable bonds is 6. The molecule has 1 saturated heterocycles. The molecule has 1 aromatic carbocycles. The van der Waals surface area contributed by atoms with Gasteiger partial charge < -0.3 is 5.32 Å². The smallest absolute Gasteiger partial charge is 0.350 e. The highest BCUT2D eigenvalue weighted by Crippen LogP contribution is 2.33. The molecule has 0 bridgehead atoms. The van der Waals surface area contributed by atoms with E-state index >= 15 is 0 Å². The van der Waals surface area contributed by atoms with E-state index in [9.17, 15) is 14.4 Å². The summed E-state index contributed by atoms with van der Waals surface area (Å²) < 4.78 is 2.75.